The molecule has 1 aliphatic rings. The van der Waals surface area contributed by atoms with Crippen LogP contribution in [0.1, 0.15) is 47.5 Å². The van der Waals surface area contributed by atoms with Gasteiger partial charge < -0.3 is 10.4 Å². The van der Waals surface area contributed by atoms with E-state index in [-0.39, 0.29) is 11.8 Å². The number of carboxylic acid groups (broad SMARTS) is 1. The zero-order valence-electron chi connectivity index (χ0n) is 14.0. The van der Waals surface area contributed by atoms with Crippen LogP contribution in [0.3, 0.4) is 0 Å². The standard InChI is InChI=1S/C20H19Cl2NO3/c21-17-10-7-15(11-18(17)22)19(24)23-16-8-5-13(6-9-16)12-1-3-14(4-2-12)20(25)26/h5-12,14H,1-4H2,(H,23,24)(H,25,26)/t12-,14-. The van der Waals surface area contributed by atoms with Gasteiger partial charge in [-0.3, -0.25) is 9.59 Å². The van der Waals surface area contributed by atoms with Gasteiger partial charge in [0.2, 0.25) is 0 Å². The number of carboxylic acids is 1. The van der Waals surface area contributed by atoms with Crippen molar-refractivity contribution in [3.8, 4) is 0 Å². The highest BCUT2D eigenvalue weighted by Crippen LogP contribution is 2.36. The molecule has 0 atom stereocenters. The Morgan fingerprint density at radius 1 is 0.923 bits per heavy atom. The molecule has 6 heteroatoms. The highest BCUT2D eigenvalue weighted by molar-refractivity contribution is 6.42. The minimum absolute atomic E-state index is 0.212. The molecule has 2 aromatic rings. The van der Waals surface area contributed by atoms with Gasteiger partial charge in [0.1, 0.15) is 0 Å². The lowest BCUT2D eigenvalue weighted by Gasteiger charge is -2.26. The van der Waals surface area contributed by atoms with Gasteiger partial charge in [-0.15, -0.1) is 0 Å². The maximum atomic E-state index is 12.3. The Balaban J connectivity index is 1.62. The molecule has 1 aliphatic carbocycles. The van der Waals surface area contributed by atoms with Crippen LogP contribution in [-0.4, -0.2) is 17.0 Å². The fourth-order valence-corrected chi connectivity index (χ4v) is 3.65. The smallest absolute Gasteiger partial charge is 0.306 e. The Bertz CT molecular complexity index is 812. The first-order valence-electron chi connectivity index (χ1n) is 8.53. The summed E-state index contributed by atoms with van der Waals surface area (Å²) in [4.78, 5) is 23.3. The fraction of sp³-hybridized carbons (Fsp3) is 0.300. The number of hydrogen-bond acceptors (Lipinski definition) is 2. The molecule has 1 fully saturated rings. The number of nitrogens with one attached hydrogen (secondary N) is 1. The largest absolute Gasteiger partial charge is 0.481 e. The SMILES string of the molecule is O=C(Nc1ccc([C@H]2CC[C@H](C(=O)O)CC2)cc1)c1ccc(Cl)c(Cl)c1. The molecule has 0 saturated heterocycles. The molecule has 0 aromatic heterocycles. The molecule has 4 nitrogen and oxygen atoms in total. The van der Waals surface area contributed by atoms with E-state index in [1.807, 2.05) is 24.3 Å². The normalized spacial score (nSPS) is 19.8. The van der Waals surface area contributed by atoms with Crippen molar-refractivity contribution in [3.05, 3.63) is 63.6 Å². The van der Waals surface area contributed by atoms with Crippen molar-refractivity contribution in [1.82, 2.24) is 0 Å². The molecule has 0 heterocycles. The third kappa shape index (κ3) is 4.37. The summed E-state index contributed by atoms with van der Waals surface area (Å²) in [7, 11) is 0. The van der Waals surface area contributed by atoms with E-state index in [1.54, 1.807) is 12.1 Å². The second-order valence-corrected chi connectivity index (χ2v) is 7.41. The number of halogens is 2. The first-order chi connectivity index (χ1) is 12.4. The number of benzene rings is 2. The van der Waals surface area contributed by atoms with Crippen molar-refractivity contribution in [2.24, 2.45) is 5.92 Å². The third-order valence-electron chi connectivity index (χ3n) is 4.90. The lowest BCUT2D eigenvalue weighted by molar-refractivity contribution is -0.142. The molecular weight excluding hydrogens is 373 g/mol. The minimum atomic E-state index is -0.691. The van der Waals surface area contributed by atoms with Gasteiger partial charge in [-0.2, -0.15) is 0 Å². The molecule has 0 aliphatic heterocycles. The third-order valence-corrected chi connectivity index (χ3v) is 5.64. The van der Waals surface area contributed by atoms with Gasteiger partial charge in [0.15, 0.2) is 0 Å². The summed E-state index contributed by atoms with van der Waals surface area (Å²) in [6.07, 6.45) is 3.20. The van der Waals surface area contributed by atoms with Crippen molar-refractivity contribution in [3.63, 3.8) is 0 Å². The molecule has 0 radical (unpaired) electrons. The van der Waals surface area contributed by atoms with Crippen LogP contribution >= 0.6 is 23.2 Å². The van der Waals surface area contributed by atoms with Crippen molar-refractivity contribution < 1.29 is 14.7 Å². The monoisotopic (exact) mass is 391 g/mol. The quantitative estimate of drug-likeness (QED) is 0.711. The van der Waals surface area contributed by atoms with E-state index in [4.69, 9.17) is 28.3 Å². The van der Waals surface area contributed by atoms with Gasteiger partial charge in [-0.25, -0.2) is 0 Å². The number of anilines is 1. The topological polar surface area (TPSA) is 66.4 Å². The van der Waals surface area contributed by atoms with Gasteiger partial charge in [-0.1, -0.05) is 35.3 Å². The van der Waals surface area contributed by atoms with Gasteiger partial charge in [0, 0.05) is 11.3 Å². The second-order valence-electron chi connectivity index (χ2n) is 6.59. The van der Waals surface area contributed by atoms with Crippen LogP contribution in [0.25, 0.3) is 0 Å². The molecule has 136 valence electrons. The van der Waals surface area contributed by atoms with Crippen molar-refractivity contribution in [1.29, 1.82) is 0 Å². The molecule has 26 heavy (non-hydrogen) atoms. The highest BCUT2D eigenvalue weighted by Gasteiger charge is 2.26. The van der Waals surface area contributed by atoms with Gasteiger partial charge >= 0.3 is 5.97 Å². The Kier molecular flexibility index (Phi) is 5.84. The predicted molar refractivity (Wildman–Crippen MR) is 103 cm³/mol. The molecule has 0 spiro atoms. The summed E-state index contributed by atoms with van der Waals surface area (Å²) < 4.78 is 0. The van der Waals surface area contributed by atoms with Gasteiger partial charge in [-0.05, 0) is 67.5 Å². The number of aliphatic carboxylic acids is 1. The highest BCUT2D eigenvalue weighted by atomic mass is 35.5. The minimum Gasteiger partial charge on any atom is -0.481 e. The van der Waals surface area contributed by atoms with Crippen LogP contribution in [0.4, 0.5) is 5.69 Å². The van der Waals surface area contributed by atoms with Crippen LogP contribution in [-0.2, 0) is 4.79 Å². The Morgan fingerprint density at radius 3 is 2.15 bits per heavy atom. The maximum absolute atomic E-state index is 12.3. The average molecular weight is 392 g/mol. The molecule has 2 aromatic carbocycles. The number of carbonyl (C=O) groups excluding carboxylic acids is 1. The van der Waals surface area contributed by atoms with E-state index >= 15 is 0 Å². The number of amides is 1. The summed E-state index contributed by atoms with van der Waals surface area (Å²) in [5.74, 6) is -0.775. The molecule has 2 N–H and O–H groups in total. The van der Waals surface area contributed by atoms with Crippen LogP contribution in [0.2, 0.25) is 10.0 Å². The summed E-state index contributed by atoms with van der Waals surface area (Å²) in [5.41, 5.74) is 2.32. The van der Waals surface area contributed by atoms with E-state index in [0.717, 1.165) is 25.7 Å². The number of carbonyl (C=O) groups is 2. The second kappa shape index (κ2) is 8.11. The summed E-state index contributed by atoms with van der Waals surface area (Å²) in [6.45, 7) is 0. The van der Waals surface area contributed by atoms with Crippen molar-refractivity contribution >= 4 is 40.8 Å². The zero-order valence-corrected chi connectivity index (χ0v) is 15.6. The molecule has 0 bridgehead atoms. The van der Waals surface area contributed by atoms with E-state index in [1.165, 1.54) is 11.6 Å². The first-order valence-corrected chi connectivity index (χ1v) is 9.29. The Labute approximate surface area is 162 Å². The van der Waals surface area contributed by atoms with E-state index in [0.29, 0.717) is 27.2 Å². The van der Waals surface area contributed by atoms with E-state index in [2.05, 4.69) is 5.32 Å². The fourth-order valence-electron chi connectivity index (χ4n) is 3.35. The number of rotatable bonds is 4. The van der Waals surface area contributed by atoms with Gasteiger partial charge in [0.25, 0.3) is 5.91 Å². The zero-order chi connectivity index (χ0) is 18.7. The lowest BCUT2D eigenvalue weighted by atomic mass is 9.79. The Hall–Kier alpha value is -2.04. The summed E-state index contributed by atoms with van der Waals surface area (Å²) >= 11 is 11.8. The maximum Gasteiger partial charge on any atom is 0.306 e. The lowest BCUT2D eigenvalue weighted by Crippen LogP contribution is -2.20. The van der Waals surface area contributed by atoms with E-state index in [9.17, 15) is 9.59 Å². The van der Waals surface area contributed by atoms with Crippen LogP contribution < -0.4 is 5.32 Å². The van der Waals surface area contributed by atoms with Crippen LogP contribution in [0, 0.1) is 5.92 Å². The van der Waals surface area contributed by atoms with Crippen molar-refractivity contribution in [2.75, 3.05) is 5.32 Å². The number of hydrogen-bond donors (Lipinski definition) is 2. The summed E-state index contributed by atoms with van der Waals surface area (Å²) in [6, 6.07) is 12.5. The molecule has 0 unspecified atom stereocenters. The molecule has 3 rings (SSSR count). The molecular formula is C20H19Cl2NO3. The average Bonchev–Trinajstić information content (AvgIpc) is 2.64. The van der Waals surface area contributed by atoms with E-state index < -0.39 is 5.97 Å². The molecule has 1 saturated carbocycles. The van der Waals surface area contributed by atoms with Crippen molar-refractivity contribution in [2.45, 2.75) is 31.6 Å². The van der Waals surface area contributed by atoms with Crippen LogP contribution in [0.5, 0.6) is 0 Å². The van der Waals surface area contributed by atoms with Crippen LogP contribution in [0.15, 0.2) is 42.5 Å². The molecule has 1 amide bonds. The van der Waals surface area contributed by atoms with Gasteiger partial charge in [0.05, 0.1) is 16.0 Å². The Morgan fingerprint density at radius 2 is 1.58 bits per heavy atom. The predicted octanol–water partition coefficient (Wildman–Crippen LogP) is 5.60. The summed E-state index contributed by atoms with van der Waals surface area (Å²) in [5, 5.41) is 12.7. The first kappa shape index (κ1) is 18.7.